The van der Waals surface area contributed by atoms with Gasteiger partial charge in [0.2, 0.25) is 0 Å². The standard InChI is InChI=1S/C23H15ClN4O4S/c1-26-22(29)17(12-25)23-27(14-5-3-2-4-6-14)19(13-33-23)21-10-9-20(32-21)16-8-7-15(28(30)31)11-18(16)24/h2-11,13H,1H3,(H,26,29). The zero-order chi connectivity index (χ0) is 23.5. The Labute approximate surface area is 197 Å². The molecule has 1 aliphatic heterocycles. The van der Waals surface area contributed by atoms with Gasteiger partial charge in [0.1, 0.15) is 22.4 Å². The number of non-ortho nitro benzene ring substituents is 1. The van der Waals surface area contributed by atoms with Crippen molar-refractivity contribution < 1.29 is 14.1 Å². The number of nitrogens with zero attached hydrogens (tertiary/aromatic N) is 3. The van der Waals surface area contributed by atoms with E-state index >= 15 is 0 Å². The van der Waals surface area contributed by atoms with Gasteiger partial charge in [-0.1, -0.05) is 41.6 Å². The molecule has 2 aromatic carbocycles. The lowest BCUT2D eigenvalue weighted by Crippen LogP contribution is -2.24. The number of hydrogen-bond acceptors (Lipinski definition) is 7. The molecule has 0 spiro atoms. The van der Waals surface area contributed by atoms with Crippen molar-refractivity contribution in [1.82, 2.24) is 5.32 Å². The van der Waals surface area contributed by atoms with E-state index in [2.05, 4.69) is 5.32 Å². The topological polar surface area (TPSA) is 112 Å². The average molecular weight is 479 g/mol. The molecule has 0 atom stereocenters. The predicted octanol–water partition coefficient (Wildman–Crippen LogP) is 5.54. The molecule has 1 amide bonds. The number of nitro benzene ring substituents is 1. The molecule has 0 saturated heterocycles. The second-order valence-corrected chi connectivity index (χ2v) is 8.01. The average Bonchev–Trinajstić information content (AvgIpc) is 3.47. The van der Waals surface area contributed by atoms with Crippen molar-refractivity contribution in [3.8, 4) is 17.4 Å². The van der Waals surface area contributed by atoms with Gasteiger partial charge in [-0.25, -0.2) is 0 Å². The van der Waals surface area contributed by atoms with E-state index in [0.717, 1.165) is 5.69 Å². The molecule has 2 heterocycles. The minimum atomic E-state index is -0.519. The molecule has 3 aromatic rings. The van der Waals surface area contributed by atoms with Gasteiger partial charge in [-0.2, -0.15) is 5.26 Å². The number of amides is 1. The molecule has 0 saturated carbocycles. The van der Waals surface area contributed by atoms with Gasteiger partial charge in [0.15, 0.2) is 5.76 Å². The van der Waals surface area contributed by atoms with Crippen LogP contribution in [0.3, 0.4) is 0 Å². The van der Waals surface area contributed by atoms with Gasteiger partial charge in [0.25, 0.3) is 11.6 Å². The summed E-state index contributed by atoms with van der Waals surface area (Å²) in [6, 6.07) is 18.9. The Morgan fingerprint density at radius 2 is 1.91 bits per heavy atom. The van der Waals surface area contributed by atoms with Crippen LogP contribution in [0, 0.1) is 21.4 Å². The van der Waals surface area contributed by atoms with E-state index in [4.69, 9.17) is 16.0 Å². The fraction of sp³-hybridized carbons (Fsp3) is 0.0435. The van der Waals surface area contributed by atoms with Gasteiger partial charge in [-0.15, -0.1) is 0 Å². The lowest BCUT2D eigenvalue weighted by Gasteiger charge is -2.23. The number of carbonyl (C=O) groups excluding carboxylic acids is 1. The fourth-order valence-corrected chi connectivity index (χ4v) is 4.54. The SMILES string of the molecule is CNC(=O)C(C#N)=C1SC=C(c2ccc(-c3ccc([N+](=O)[O-])cc3Cl)o2)N1c1ccccc1. The van der Waals surface area contributed by atoms with Gasteiger partial charge < -0.3 is 9.73 Å². The summed E-state index contributed by atoms with van der Waals surface area (Å²) in [5.41, 5.74) is 1.73. The Kier molecular flexibility index (Phi) is 6.22. The van der Waals surface area contributed by atoms with E-state index in [-0.39, 0.29) is 16.3 Å². The Hall–Kier alpha value is -4.00. The minimum absolute atomic E-state index is 0.0252. The maximum atomic E-state index is 12.3. The van der Waals surface area contributed by atoms with E-state index in [0.29, 0.717) is 27.8 Å². The van der Waals surface area contributed by atoms with Crippen molar-refractivity contribution in [2.75, 3.05) is 11.9 Å². The van der Waals surface area contributed by atoms with Gasteiger partial charge in [-0.3, -0.25) is 19.8 Å². The second-order valence-electron chi connectivity index (χ2n) is 6.75. The van der Waals surface area contributed by atoms with Crippen molar-refractivity contribution in [2.24, 2.45) is 0 Å². The number of thioether (sulfide) groups is 1. The Bertz CT molecular complexity index is 1360. The predicted molar refractivity (Wildman–Crippen MR) is 127 cm³/mol. The minimum Gasteiger partial charge on any atom is -0.454 e. The highest BCUT2D eigenvalue weighted by atomic mass is 35.5. The van der Waals surface area contributed by atoms with Gasteiger partial charge >= 0.3 is 0 Å². The number of likely N-dealkylation sites (N-methyl/N-ethyl adjacent to an activating group) is 1. The number of para-hydroxylation sites is 1. The number of carbonyl (C=O) groups is 1. The van der Waals surface area contributed by atoms with Crippen molar-refractivity contribution in [1.29, 1.82) is 5.26 Å². The van der Waals surface area contributed by atoms with Crippen LogP contribution in [-0.4, -0.2) is 17.9 Å². The number of nitrogens with one attached hydrogen (secondary N) is 1. The van der Waals surface area contributed by atoms with Crippen LogP contribution in [0.25, 0.3) is 17.0 Å². The molecule has 1 N–H and O–H groups in total. The number of nitro groups is 1. The molecule has 0 bridgehead atoms. The van der Waals surface area contributed by atoms with Gasteiger partial charge in [-0.05, 0) is 30.3 Å². The molecule has 1 aliphatic rings. The number of anilines is 1. The van der Waals surface area contributed by atoms with E-state index in [1.807, 2.05) is 36.4 Å². The van der Waals surface area contributed by atoms with Crippen LogP contribution in [0.1, 0.15) is 5.76 Å². The Balaban J connectivity index is 1.77. The molecular weight excluding hydrogens is 464 g/mol. The first-order valence-electron chi connectivity index (χ1n) is 9.57. The van der Waals surface area contributed by atoms with Crippen LogP contribution in [0.2, 0.25) is 5.02 Å². The summed E-state index contributed by atoms with van der Waals surface area (Å²) in [6.07, 6.45) is 0. The Morgan fingerprint density at radius 3 is 2.55 bits per heavy atom. The zero-order valence-corrected chi connectivity index (χ0v) is 18.7. The van der Waals surface area contributed by atoms with Crippen molar-refractivity contribution in [2.45, 2.75) is 0 Å². The number of halogens is 1. The van der Waals surface area contributed by atoms with E-state index in [1.54, 1.807) is 22.4 Å². The first-order valence-corrected chi connectivity index (χ1v) is 10.8. The molecular formula is C23H15ClN4O4S. The number of furan rings is 1. The number of nitriles is 1. The van der Waals surface area contributed by atoms with Crippen LogP contribution < -0.4 is 10.2 Å². The largest absolute Gasteiger partial charge is 0.454 e. The van der Waals surface area contributed by atoms with Crippen LogP contribution in [0.15, 0.2) is 81.1 Å². The third kappa shape index (κ3) is 4.22. The second kappa shape index (κ2) is 9.24. The third-order valence-corrected chi connectivity index (χ3v) is 6.07. The number of hydrogen-bond donors (Lipinski definition) is 1. The Morgan fingerprint density at radius 1 is 1.18 bits per heavy atom. The van der Waals surface area contributed by atoms with Crippen LogP contribution in [-0.2, 0) is 4.79 Å². The molecule has 0 fully saturated rings. The molecule has 164 valence electrons. The summed E-state index contributed by atoms with van der Waals surface area (Å²) in [4.78, 5) is 24.6. The first-order chi connectivity index (χ1) is 15.9. The normalized spacial score (nSPS) is 14.5. The molecule has 4 rings (SSSR count). The summed E-state index contributed by atoms with van der Waals surface area (Å²) in [7, 11) is 1.47. The molecule has 33 heavy (non-hydrogen) atoms. The highest BCUT2D eigenvalue weighted by Gasteiger charge is 2.31. The maximum Gasteiger partial charge on any atom is 0.270 e. The maximum absolute atomic E-state index is 12.3. The molecule has 0 radical (unpaired) electrons. The van der Waals surface area contributed by atoms with E-state index < -0.39 is 10.8 Å². The van der Waals surface area contributed by atoms with Crippen LogP contribution in [0.5, 0.6) is 0 Å². The molecule has 0 aliphatic carbocycles. The number of benzene rings is 2. The van der Waals surface area contributed by atoms with Crippen LogP contribution in [0.4, 0.5) is 11.4 Å². The lowest BCUT2D eigenvalue weighted by molar-refractivity contribution is -0.384. The summed E-state index contributed by atoms with van der Waals surface area (Å²) in [5.74, 6) is 0.404. The fourth-order valence-electron chi connectivity index (χ4n) is 3.26. The lowest BCUT2D eigenvalue weighted by atomic mass is 10.1. The first kappa shape index (κ1) is 22.2. The highest BCUT2D eigenvalue weighted by Crippen LogP contribution is 2.45. The van der Waals surface area contributed by atoms with E-state index in [9.17, 15) is 20.2 Å². The molecule has 8 nitrogen and oxygen atoms in total. The van der Waals surface area contributed by atoms with Gasteiger partial charge in [0.05, 0.1) is 15.6 Å². The number of rotatable bonds is 5. The smallest absolute Gasteiger partial charge is 0.270 e. The summed E-state index contributed by atoms with van der Waals surface area (Å²) >= 11 is 7.49. The zero-order valence-electron chi connectivity index (χ0n) is 17.1. The quantitative estimate of drug-likeness (QED) is 0.221. The van der Waals surface area contributed by atoms with Gasteiger partial charge in [0, 0.05) is 35.8 Å². The van der Waals surface area contributed by atoms with Crippen molar-refractivity contribution in [3.63, 3.8) is 0 Å². The van der Waals surface area contributed by atoms with Crippen LogP contribution >= 0.6 is 23.4 Å². The summed E-state index contributed by atoms with van der Waals surface area (Å²) in [6.45, 7) is 0. The molecule has 0 unspecified atom stereocenters. The third-order valence-electron chi connectivity index (χ3n) is 4.81. The summed E-state index contributed by atoms with van der Waals surface area (Å²) in [5, 5.41) is 25.5. The van der Waals surface area contributed by atoms with E-state index in [1.165, 1.54) is 37.0 Å². The van der Waals surface area contributed by atoms with Crippen molar-refractivity contribution >= 4 is 46.3 Å². The molecule has 10 heteroatoms. The monoisotopic (exact) mass is 478 g/mol. The molecule has 1 aromatic heterocycles. The summed E-state index contributed by atoms with van der Waals surface area (Å²) < 4.78 is 6.05. The highest BCUT2D eigenvalue weighted by molar-refractivity contribution is 8.06. The van der Waals surface area contributed by atoms with Crippen molar-refractivity contribution in [3.05, 3.63) is 97.6 Å².